The number of carbonyl (C=O) groups is 1. The Labute approximate surface area is 149 Å². The van der Waals surface area contributed by atoms with E-state index in [9.17, 15) is 4.79 Å². The Morgan fingerprint density at radius 3 is 2.91 bits per heavy atom. The molecule has 124 valence electrons. The molecule has 3 rings (SSSR count). The average Bonchev–Trinajstić information content (AvgIpc) is 2.89. The Kier molecular flexibility index (Phi) is 5.83. The number of benzene rings is 1. The molecular weight excluding hydrogens is 348 g/mol. The van der Waals surface area contributed by atoms with Crippen LogP contribution in [0, 0.1) is 5.92 Å². The molecule has 0 radical (unpaired) electrons. The predicted octanol–water partition coefficient (Wildman–Crippen LogP) is 4.73. The third kappa shape index (κ3) is 4.01. The van der Waals surface area contributed by atoms with Gasteiger partial charge in [-0.25, -0.2) is 0 Å². The second-order valence-corrected chi connectivity index (χ2v) is 8.36. The van der Waals surface area contributed by atoms with Crippen LogP contribution in [0.3, 0.4) is 0 Å². The van der Waals surface area contributed by atoms with Crippen molar-refractivity contribution in [3.8, 4) is 0 Å². The van der Waals surface area contributed by atoms with Gasteiger partial charge in [-0.1, -0.05) is 42.2 Å². The third-order valence-corrected chi connectivity index (χ3v) is 6.19. The highest BCUT2D eigenvalue weighted by Gasteiger charge is 2.21. The van der Waals surface area contributed by atoms with Crippen molar-refractivity contribution in [3.63, 3.8) is 0 Å². The molecule has 1 aliphatic rings. The highest BCUT2D eigenvalue weighted by atomic mass is 35.5. The smallest absolute Gasteiger partial charge is 0.251 e. The molecule has 6 heteroatoms. The van der Waals surface area contributed by atoms with Crippen LogP contribution in [0.25, 0.3) is 10.2 Å². The zero-order valence-corrected chi connectivity index (χ0v) is 15.6. The van der Waals surface area contributed by atoms with E-state index in [2.05, 4.69) is 15.8 Å². The number of amides is 1. The Morgan fingerprint density at radius 2 is 2.17 bits per heavy atom. The van der Waals surface area contributed by atoms with Gasteiger partial charge in [-0.05, 0) is 37.3 Å². The molecule has 1 amide bonds. The van der Waals surface area contributed by atoms with Gasteiger partial charge < -0.3 is 4.57 Å². The van der Waals surface area contributed by atoms with Gasteiger partial charge in [0, 0.05) is 23.2 Å². The number of hydrogen-bond donors (Lipinski definition) is 0. The van der Waals surface area contributed by atoms with E-state index >= 15 is 0 Å². The molecule has 1 saturated carbocycles. The van der Waals surface area contributed by atoms with Crippen molar-refractivity contribution < 1.29 is 4.79 Å². The molecule has 23 heavy (non-hydrogen) atoms. The topological polar surface area (TPSA) is 34.4 Å². The fraction of sp³-hybridized carbons (Fsp3) is 0.529. The monoisotopic (exact) mass is 368 g/mol. The average molecular weight is 369 g/mol. The maximum atomic E-state index is 12.5. The van der Waals surface area contributed by atoms with Crippen LogP contribution in [0.1, 0.15) is 32.1 Å². The van der Waals surface area contributed by atoms with E-state index < -0.39 is 0 Å². The lowest BCUT2D eigenvalue weighted by Crippen LogP contribution is -2.22. The number of thiazole rings is 1. The Balaban J connectivity index is 2.00. The number of nitrogens with zero attached hydrogens (tertiary/aromatic N) is 2. The Bertz CT molecular complexity index is 760. The van der Waals surface area contributed by atoms with E-state index in [0.717, 1.165) is 58.0 Å². The first-order chi connectivity index (χ1) is 11.2. The Morgan fingerprint density at radius 1 is 1.39 bits per heavy atom. The molecule has 0 unspecified atom stereocenters. The molecule has 1 aromatic heterocycles. The van der Waals surface area contributed by atoms with Crippen LogP contribution >= 0.6 is 34.7 Å². The van der Waals surface area contributed by atoms with E-state index in [4.69, 9.17) is 11.6 Å². The number of hydrogen-bond acceptors (Lipinski definition) is 3. The summed E-state index contributed by atoms with van der Waals surface area (Å²) in [5, 5.41) is 0.723. The molecule has 2 aromatic rings. The molecule has 0 bridgehead atoms. The Hall–Kier alpha value is -0.780. The minimum Gasteiger partial charge on any atom is -0.316 e. The molecule has 1 heterocycles. The number of rotatable bonds is 4. The molecule has 0 atom stereocenters. The van der Waals surface area contributed by atoms with Gasteiger partial charge in [0.2, 0.25) is 0 Å². The highest BCUT2D eigenvalue weighted by Crippen LogP contribution is 2.25. The van der Waals surface area contributed by atoms with Crippen molar-refractivity contribution in [2.75, 3.05) is 12.0 Å². The maximum Gasteiger partial charge on any atom is 0.251 e. The van der Waals surface area contributed by atoms with E-state index in [-0.39, 0.29) is 11.8 Å². The fourth-order valence-electron chi connectivity index (χ4n) is 3.07. The van der Waals surface area contributed by atoms with Crippen LogP contribution in [0.5, 0.6) is 0 Å². The van der Waals surface area contributed by atoms with Gasteiger partial charge in [0.15, 0.2) is 4.80 Å². The minimum atomic E-state index is 0.0558. The van der Waals surface area contributed by atoms with Crippen molar-refractivity contribution in [1.29, 1.82) is 0 Å². The van der Waals surface area contributed by atoms with Gasteiger partial charge in [0.25, 0.3) is 5.91 Å². The molecule has 1 aliphatic carbocycles. The standard InChI is InChI=1S/C17H21ClN2OS2/c1-22-10-9-20-14-8-7-13(18)11-15(14)23-17(20)19-16(21)12-5-3-2-4-6-12/h7-8,11-12H,2-6,9-10H2,1H3. The summed E-state index contributed by atoms with van der Waals surface area (Å²) < 4.78 is 3.25. The summed E-state index contributed by atoms with van der Waals surface area (Å²) in [4.78, 5) is 17.8. The molecule has 0 N–H and O–H groups in total. The lowest BCUT2D eigenvalue weighted by atomic mass is 9.89. The first-order valence-corrected chi connectivity index (χ1v) is 10.6. The largest absolute Gasteiger partial charge is 0.316 e. The molecule has 3 nitrogen and oxygen atoms in total. The summed E-state index contributed by atoms with van der Waals surface area (Å²) in [5.74, 6) is 1.17. The molecule has 0 aliphatic heterocycles. The fourth-order valence-corrected chi connectivity index (χ4v) is 4.77. The second kappa shape index (κ2) is 7.86. The third-order valence-electron chi connectivity index (χ3n) is 4.32. The number of carbonyl (C=O) groups excluding carboxylic acids is 1. The number of fused-ring (bicyclic) bond motifs is 1. The SMILES string of the molecule is CSCCn1c(=NC(=O)C2CCCCC2)sc2cc(Cl)ccc21. The summed E-state index contributed by atoms with van der Waals surface area (Å²) in [6.45, 7) is 0.861. The van der Waals surface area contributed by atoms with Crippen molar-refractivity contribution in [2.45, 2.75) is 38.6 Å². The number of aromatic nitrogens is 1. The molecular formula is C17H21ClN2OS2. The number of thioether (sulfide) groups is 1. The molecule has 1 aromatic carbocycles. The normalized spacial score (nSPS) is 17.0. The van der Waals surface area contributed by atoms with E-state index in [1.54, 1.807) is 23.1 Å². The van der Waals surface area contributed by atoms with E-state index in [1.807, 2.05) is 18.2 Å². The van der Waals surface area contributed by atoms with Crippen molar-refractivity contribution in [3.05, 3.63) is 28.0 Å². The van der Waals surface area contributed by atoms with Gasteiger partial charge in [-0.3, -0.25) is 4.79 Å². The molecule has 0 spiro atoms. The molecule has 1 fully saturated rings. The quantitative estimate of drug-likeness (QED) is 0.782. The zero-order chi connectivity index (χ0) is 16.2. The highest BCUT2D eigenvalue weighted by molar-refractivity contribution is 7.98. The number of halogens is 1. The van der Waals surface area contributed by atoms with Gasteiger partial charge >= 0.3 is 0 Å². The first kappa shape index (κ1) is 17.1. The van der Waals surface area contributed by atoms with Crippen molar-refractivity contribution >= 4 is 50.8 Å². The number of aryl methyl sites for hydroxylation is 1. The van der Waals surface area contributed by atoms with Crippen LogP contribution in [0.15, 0.2) is 23.2 Å². The summed E-state index contributed by atoms with van der Waals surface area (Å²) >= 11 is 9.47. The predicted molar refractivity (Wildman–Crippen MR) is 100 cm³/mol. The first-order valence-electron chi connectivity index (χ1n) is 8.05. The van der Waals surface area contributed by atoms with Gasteiger partial charge in [0.1, 0.15) is 0 Å². The second-order valence-electron chi connectivity index (χ2n) is 5.93. The maximum absolute atomic E-state index is 12.5. The van der Waals surface area contributed by atoms with Crippen LogP contribution in [-0.4, -0.2) is 22.5 Å². The van der Waals surface area contributed by atoms with E-state index in [0.29, 0.717) is 0 Å². The van der Waals surface area contributed by atoms with Crippen LogP contribution in [-0.2, 0) is 11.3 Å². The van der Waals surface area contributed by atoms with Gasteiger partial charge in [-0.15, -0.1) is 0 Å². The summed E-state index contributed by atoms with van der Waals surface area (Å²) in [6, 6.07) is 5.89. The van der Waals surface area contributed by atoms with Crippen molar-refractivity contribution in [1.82, 2.24) is 4.57 Å². The van der Waals surface area contributed by atoms with Crippen LogP contribution in [0.4, 0.5) is 0 Å². The van der Waals surface area contributed by atoms with E-state index in [1.165, 1.54) is 6.42 Å². The van der Waals surface area contributed by atoms with Crippen LogP contribution < -0.4 is 4.80 Å². The lowest BCUT2D eigenvalue weighted by Gasteiger charge is -2.17. The van der Waals surface area contributed by atoms with Gasteiger partial charge in [0.05, 0.1) is 10.2 Å². The summed E-state index contributed by atoms with van der Waals surface area (Å²) in [5.41, 5.74) is 1.11. The van der Waals surface area contributed by atoms with Crippen LogP contribution in [0.2, 0.25) is 5.02 Å². The van der Waals surface area contributed by atoms with Gasteiger partial charge in [-0.2, -0.15) is 16.8 Å². The van der Waals surface area contributed by atoms with Crippen molar-refractivity contribution in [2.24, 2.45) is 10.9 Å². The lowest BCUT2D eigenvalue weighted by molar-refractivity contribution is -0.122. The zero-order valence-electron chi connectivity index (χ0n) is 13.3. The minimum absolute atomic E-state index is 0.0558. The summed E-state index contributed by atoms with van der Waals surface area (Å²) in [6.07, 6.45) is 7.63. The summed E-state index contributed by atoms with van der Waals surface area (Å²) in [7, 11) is 0. The molecule has 0 saturated heterocycles.